The lowest BCUT2D eigenvalue weighted by atomic mass is 9.96. The van der Waals surface area contributed by atoms with Crippen molar-refractivity contribution in [2.45, 2.75) is 13.5 Å². The van der Waals surface area contributed by atoms with Crippen molar-refractivity contribution in [3.8, 4) is 28.3 Å². The van der Waals surface area contributed by atoms with E-state index in [0.717, 1.165) is 22.3 Å². The molecule has 0 aliphatic heterocycles. The van der Waals surface area contributed by atoms with Gasteiger partial charge in [-0.3, -0.25) is 5.32 Å². The molecular weight excluding hydrogens is 352 g/mol. The van der Waals surface area contributed by atoms with E-state index in [1.54, 1.807) is 13.1 Å². The number of hydrogen-bond acceptors (Lipinski definition) is 5. The topological polar surface area (TPSA) is 67.5 Å². The first-order valence-electron chi connectivity index (χ1n) is 9.18. The van der Waals surface area contributed by atoms with Gasteiger partial charge in [-0.15, -0.1) is 0 Å². The first-order chi connectivity index (χ1) is 13.7. The maximum atomic E-state index is 9.65. The van der Waals surface area contributed by atoms with Crippen LogP contribution in [0, 0.1) is 6.92 Å². The SMILES string of the molecule is CNCOc1cc2oc(-c3cccc(-c4ccccc4)c3C)nc2cc1CO. The second-order valence-corrected chi connectivity index (χ2v) is 6.59. The Kier molecular flexibility index (Phi) is 5.10. The highest BCUT2D eigenvalue weighted by atomic mass is 16.5. The molecule has 4 rings (SSSR count). The molecule has 0 amide bonds. The van der Waals surface area contributed by atoms with E-state index in [9.17, 15) is 5.11 Å². The van der Waals surface area contributed by atoms with Crippen LogP contribution in [0.3, 0.4) is 0 Å². The molecule has 0 fully saturated rings. The van der Waals surface area contributed by atoms with Crippen LogP contribution in [0.1, 0.15) is 11.1 Å². The monoisotopic (exact) mass is 374 g/mol. The Balaban J connectivity index is 1.79. The Labute approximate surface area is 163 Å². The molecule has 2 N–H and O–H groups in total. The number of oxazole rings is 1. The van der Waals surface area contributed by atoms with Gasteiger partial charge in [0.2, 0.25) is 5.89 Å². The third-order valence-electron chi connectivity index (χ3n) is 4.76. The number of nitrogens with one attached hydrogen (secondary N) is 1. The lowest BCUT2D eigenvalue weighted by Gasteiger charge is -2.09. The van der Waals surface area contributed by atoms with E-state index in [1.165, 1.54) is 0 Å². The number of benzene rings is 3. The summed E-state index contributed by atoms with van der Waals surface area (Å²) in [4.78, 5) is 4.66. The highest BCUT2D eigenvalue weighted by molar-refractivity contribution is 5.81. The fraction of sp³-hybridized carbons (Fsp3) is 0.174. The fourth-order valence-corrected chi connectivity index (χ4v) is 3.32. The van der Waals surface area contributed by atoms with Crippen LogP contribution >= 0.6 is 0 Å². The minimum absolute atomic E-state index is 0.125. The van der Waals surface area contributed by atoms with Gasteiger partial charge in [-0.2, -0.15) is 0 Å². The van der Waals surface area contributed by atoms with Crippen molar-refractivity contribution in [3.63, 3.8) is 0 Å². The van der Waals surface area contributed by atoms with Gasteiger partial charge in [0.25, 0.3) is 0 Å². The highest BCUT2D eigenvalue weighted by Gasteiger charge is 2.16. The number of aromatic nitrogens is 1. The minimum Gasteiger partial charge on any atom is -0.478 e. The van der Waals surface area contributed by atoms with Gasteiger partial charge in [-0.1, -0.05) is 42.5 Å². The Hall–Kier alpha value is -3.15. The summed E-state index contributed by atoms with van der Waals surface area (Å²) < 4.78 is 11.7. The van der Waals surface area contributed by atoms with Gasteiger partial charge in [0.15, 0.2) is 5.58 Å². The molecule has 0 saturated carbocycles. The molecule has 0 spiro atoms. The summed E-state index contributed by atoms with van der Waals surface area (Å²) in [5.74, 6) is 1.14. The van der Waals surface area contributed by atoms with E-state index in [4.69, 9.17) is 9.15 Å². The number of aliphatic hydroxyl groups excluding tert-OH is 1. The van der Waals surface area contributed by atoms with Gasteiger partial charge < -0.3 is 14.3 Å². The summed E-state index contributed by atoms with van der Waals surface area (Å²) in [5.41, 5.74) is 6.35. The quantitative estimate of drug-likeness (QED) is 0.486. The van der Waals surface area contributed by atoms with E-state index in [1.807, 2.05) is 36.4 Å². The van der Waals surface area contributed by atoms with E-state index in [-0.39, 0.29) is 6.61 Å². The molecule has 1 aromatic heterocycles. The predicted octanol–water partition coefficient (Wildman–Crippen LogP) is 4.52. The standard InChI is InChI=1S/C23H22N2O3/c1-15-18(16-7-4-3-5-8-16)9-6-10-19(15)23-25-20-11-17(13-26)21(27-14-24-2)12-22(20)28-23/h3-12,24,26H,13-14H2,1-2H3. The van der Waals surface area contributed by atoms with Crippen molar-refractivity contribution >= 4 is 11.1 Å². The van der Waals surface area contributed by atoms with Crippen LogP contribution in [0.15, 0.2) is 65.1 Å². The van der Waals surface area contributed by atoms with Crippen LogP contribution < -0.4 is 10.1 Å². The van der Waals surface area contributed by atoms with Gasteiger partial charge >= 0.3 is 0 Å². The summed E-state index contributed by atoms with van der Waals surface area (Å²) >= 11 is 0. The predicted molar refractivity (Wildman–Crippen MR) is 110 cm³/mol. The van der Waals surface area contributed by atoms with E-state index in [0.29, 0.717) is 35.0 Å². The lowest BCUT2D eigenvalue weighted by Crippen LogP contribution is -2.14. The second-order valence-electron chi connectivity index (χ2n) is 6.59. The van der Waals surface area contributed by atoms with Crippen molar-refractivity contribution < 1.29 is 14.3 Å². The molecular formula is C23H22N2O3. The molecule has 5 nitrogen and oxygen atoms in total. The van der Waals surface area contributed by atoms with Crippen molar-refractivity contribution in [3.05, 3.63) is 71.8 Å². The molecule has 4 aromatic rings. The number of nitrogens with zero attached hydrogens (tertiary/aromatic N) is 1. The normalized spacial score (nSPS) is 11.1. The smallest absolute Gasteiger partial charge is 0.227 e. The largest absolute Gasteiger partial charge is 0.478 e. The molecule has 28 heavy (non-hydrogen) atoms. The maximum absolute atomic E-state index is 9.65. The fourth-order valence-electron chi connectivity index (χ4n) is 3.32. The summed E-state index contributed by atoms with van der Waals surface area (Å²) in [6.07, 6.45) is 0. The van der Waals surface area contributed by atoms with Gasteiger partial charge in [-0.05, 0) is 42.8 Å². The van der Waals surface area contributed by atoms with Gasteiger partial charge in [-0.25, -0.2) is 4.98 Å². The summed E-state index contributed by atoms with van der Waals surface area (Å²) in [6.45, 7) is 2.30. The molecule has 0 radical (unpaired) electrons. The van der Waals surface area contributed by atoms with Gasteiger partial charge in [0, 0.05) is 17.2 Å². The molecule has 1 heterocycles. The van der Waals surface area contributed by atoms with Crippen molar-refractivity contribution in [1.29, 1.82) is 0 Å². The molecule has 0 bridgehead atoms. The number of ether oxygens (including phenoxy) is 1. The van der Waals surface area contributed by atoms with Crippen LogP contribution in [0.5, 0.6) is 5.75 Å². The van der Waals surface area contributed by atoms with Crippen LogP contribution in [-0.4, -0.2) is 23.9 Å². The molecule has 0 aliphatic carbocycles. The summed E-state index contributed by atoms with van der Waals surface area (Å²) in [5, 5.41) is 12.6. The number of aliphatic hydroxyl groups is 1. The zero-order valence-electron chi connectivity index (χ0n) is 15.9. The molecule has 3 aromatic carbocycles. The highest BCUT2D eigenvalue weighted by Crippen LogP contribution is 2.34. The Morgan fingerprint density at radius 3 is 2.57 bits per heavy atom. The third-order valence-corrected chi connectivity index (χ3v) is 4.76. The molecule has 142 valence electrons. The Morgan fingerprint density at radius 1 is 1.04 bits per heavy atom. The zero-order valence-corrected chi connectivity index (χ0v) is 15.9. The number of rotatable bonds is 6. The second kappa shape index (κ2) is 7.84. The van der Waals surface area contributed by atoms with Crippen molar-refractivity contribution in [2.24, 2.45) is 0 Å². The Morgan fingerprint density at radius 2 is 1.82 bits per heavy atom. The van der Waals surface area contributed by atoms with Crippen molar-refractivity contribution in [2.75, 3.05) is 13.8 Å². The molecule has 0 saturated heterocycles. The summed E-state index contributed by atoms with van der Waals surface area (Å²) in [7, 11) is 1.80. The average Bonchev–Trinajstić information content (AvgIpc) is 3.14. The van der Waals surface area contributed by atoms with Crippen LogP contribution in [0.2, 0.25) is 0 Å². The third kappa shape index (κ3) is 3.38. The van der Waals surface area contributed by atoms with E-state index >= 15 is 0 Å². The molecule has 0 unspecified atom stereocenters. The molecule has 0 aliphatic rings. The Bertz CT molecular complexity index is 1100. The first-order valence-corrected chi connectivity index (χ1v) is 9.18. The van der Waals surface area contributed by atoms with Crippen LogP contribution in [0.25, 0.3) is 33.7 Å². The summed E-state index contributed by atoms with van der Waals surface area (Å²) in [6, 6.07) is 20.0. The lowest BCUT2D eigenvalue weighted by molar-refractivity contribution is 0.257. The average molecular weight is 374 g/mol. The number of fused-ring (bicyclic) bond motifs is 1. The van der Waals surface area contributed by atoms with E-state index in [2.05, 4.69) is 35.4 Å². The van der Waals surface area contributed by atoms with E-state index < -0.39 is 0 Å². The van der Waals surface area contributed by atoms with Gasteiger partial charge in [0.1, 0.15) is 18.0 Å². The molecule has 5 heteroatoms. The number of hydrogen-bond donors (Lipinski definition) is 2. The van der Waals surface area contributed by atoms with Crippen LogP contribution in [-0.2, 0) is 6.61 Å². The zero-order chi connectivity index (χ0) is 19.5. The minimum atomic E-state index is -0.125. The molecule has 0 atom stereocenters. The first kappa shape index (κ1) is 18.2. The van der Waals surface area contributed by atoms with Crippen molar-refractivity contribution in [1.82, 2.24) is 10.3 Å². The maximum Gasteiger partial charge on any atom is 0.227 e. The van der Waals surface area contributed by atoms with Gasteiger partial charge in [0.05, 0.1) is 6.61 Å². The van der Waals surface area contributed by atoms with Crippen LogP contribution in [0.4, 0.5) is 0 Å².